The van der Waals surface area contributed by atoms with E-state index in [9.17, 15) is 9.60 Å². The van der Waals surface area contributed by atoms with Crippen LogP contribution < -0.4 is 0 Å². The second-order valence-electron chi connectivity index (χ2n) is 11.6. The highest BCUT2D eigenvalue weighted by Crippen LogP contribution is 2.51. The van der Waals surface area contributed by atoms with Gasteiger partial charge in [0.1, 0.15) is 11.2 Å². The van der Waals surface area contributed by atoms with E-state index in [1.165, 1.54) is 0 Å². The van der Waals surface area contributed by atoms with Crippen LogP contribution in [0.1, 0.15) is 49.6 Å². The molecule has 0 bridgehead atoms. The monoisotopic (exact) mass is 604 g/mol. The lowest BCUT2D eigenvalue weighted by atomic mass is 9.80. The van der Waals surface area contributed by atoms with Gasteiger partial charge in [-0.05, 0) is 101 Å². The van der Waals surface area contributed by atoms with E-state index in [2.05, 4.69) is 0 Å². The van der Waals surface area contributed by atoms with Crippen molar-refractivity contribution < 1.29 is 29.1 Å². The largest absolute Gasteiger partial charge is 0.456 e. The van der Waals surface area contributed by atoms with Gasteiger partial charge in [0.05, 0.1) is 20.6 Å². The van der Waals surface area contributed by atoms with Crippen LogP contribution >= 0.6 is 0 Å². The summed E-state index contributed by atoms with van der Waals surface area (Å²) in [6.45, 7) is -2.00. The highest BCUT2D eigenvalue weighted by atomic mass is 16.3. The molecule has 8 aromatic carbocycles. The fourth-order valence-electron chi connectivity index (χ4n) is 6.96. The van der Waals surface area contributed by atoms with Gasteiger partial charge in [-0.25, -0.2) is 0 Å². The molecule has 1 aliphatic rings. The van der Waals surface area contributed by atoms with Crippen LogP contribution in [0.15, 0.2) is 150 Å². The Kier molecular flexibility index (Phi) is 2.75. The Morgan fingerprint density at radius 3 is 1.98 bits per heavy atom. The second-order valence-corrected chi connectivity index (χ2v) is 11.6. The SMILES string of the molecule is [2H]c1c([2H])c([2H])c2c(c1[2H])-c1c([2H])c([2H])c(-c3c4c([2H])c([2H])c([2H])c([2H])c4c(-c4ccc5oc6ccc7ccccc7c6c5c4)c4c([2H])c([2H])c([2H])c([2H])c34)c([2H])c1C2(C)C([2H])([2H])[2H]. The molecule has 1 atom stereocenters. The molecule has 10 rings (SSSR count). The quantitative estimate of drug-likeness (QED) is 0.179. The normalized spacial score (nSPS) is 21.5. The topological polar surface area (TPSA) is 13.1 Å². The molecule has 0 radical (unpaired) electrons. The van der Waals surface area contributed by atoms with Gasteiger partial charge >= 0.3 is 0 Å². The summed E-state index contributed by atoms with van der Waals surface area (Å²) in [4.78, 5) is 0. The summed E-state index contributed by atoms with van der Waals surface area (Å²) in [5.41, 5.74) is -3.89. The summed E-state index contributed by atoms with van der Waals surface area (Å²) < 4.78 is 170. The highest BCUT2D eigenvalue weighted by Gasteiger charge is 2.35. The average Bonchev–Trinajstić information content (AvgIpc) is 3.79. The lowest BCUT2D eigenvalue weighted by molar-refractivity contribution is 0.660. The molecule has 1 aliphatic carbocycles. The Balaban J connectivity index is 1.46. The number of hydrogen-bond acceptors (Lipinski definition) is 1. The van der Waals surface area contributed by atoms with Gasteiger partial charge in [-0.3, -0.25) is 0 Å². The smallest absolute Gasteiger partial charge is 0.136 e. The first-order valence-corrected chi connectivity index (χ1v) is 14.6. The van der Waals surface area contributed by atoms with Gasteiger partial charge in [0.2, 0.25) is 0 Å². The van der Waals surface area contributed by atoms with Crippen molar-refractivity contribution in [1.82, 2.24) is 0 Å². The van der Waals surface area contributed by atoms with E-state index in [1.807, 2.05) is 36.4 Å². The first-order chi connectivity index (χ1) is 30.1. The minimum atomic E-state index is -3.16. The molecule has 1 heterocycles. The van der Waals surface area contributed by atoms with Crippen molar-refractivity contribution in [3.63, 3.8) is 0 Å². The fourth-order valence-corrected chi connectivity index (χ4v) is 6.96. The third-order valence-electron chi connectivity index (χ3n) is 9.02. The molecule has 1 nitrogen and oxygen atoms in total. The van der Waals surface area contributed by atoms with E-state index >= 15 is 0 Å². The van der Waals surface area contributed by atoms with E-state index in [1.54, 1.807) is 18.2 Å². The van der Waals surface area contributed by atoms with Gasteiger partial charge in [0.15, 0.2) is 0 Å². The van der Waals surface area contributed by atoms with Crippen LogP contribution in [0.2, 0.25) is 0 Å². The average molecular weight is 605 g/mol. The van der Waals surface area contributed by atoms with Gasteiger partial charge < -0.3 is 4.42 Å². The molecule has 1 unspecified atom stereocenters. The van der Waals surface area contributed by atoms with E-state index in [0.29, 0.717) is 16.6 Å². The predicted octanol–water partition coefficient (Wildman–Crippen LogP) is 12.7. The summed E-state index contributed by atoms with van der Waals surface area (Å²) in [5.74, 6) is 0. The number of furan rings is 1. The minimum absolute atomic E-state index is 0.0297. The number of fused-ring (bicyclic) bond motifs is 10. The Morgan fingerprint density at radius 1 is 0.565 bits per heavy atom. The maximum absolute atomic E-state index is 9.92. The fraction of sp³-hybridized carbons (Fsp3) is 0.0667. The molecular weight excluding hydrogens is 556 g/mol. The Hall–Kier alpha value is -5.66. The molecule has 46 heavy (non-hydrogen) atoms. The van der Waals surface area contributed by atoms with E-state index in [0.717, 1.165) is 23.1 Å². The third kappa shape index (κ3) is 3.40. The standard InChI is InChI=1S/C45H30O/c1-45(2)38-18-10-9-13-31(38)32-22-19-29(26-39(32)45)43-35-16-7-5-14-33(35)42(34-15-6-8-17-36(34)43)28-21-23-40-37(25-28)44-30-12-4-3-11-27(30)20-24-41(44)46-40/h3-26H,1-2H3/i1D3,5D,6D,7D,8D,9D,10D,13D,14D,15D,16D,17D,18D,19D,22D,26D. The second kappa shape index (κ2) is 9.19. The van der Waals surface area contributed by atoms with Crippen molar-refractivity contribution in [2.75, 3.05) is 0 Å². The molecule has 0 saturated carbocycles. The van der Waals surface area contributed by atoms with Crippen LogP contribution in [0.5, 0.6) is 0 Å². The Morgan fingerprint density at radius 2 is 1.22 bits per heavy atom. The van der Waals surface area contributed by atoms with Crippen LogP contribution in [0, 0.1) is 0 Å². The summed E-state index contributed by atoms with van der Waals surface area (Å²) in [5, 5.41) is 1.82. The first-order valence-electron chi connectivity index (χ1n) is 23.6. The van der Waals surface area contributed by atoms with Crippen LogP contribution in [-0.2, 0) is 5.41 Å². The molecule has 216 valence electrons. The van der Waals surface area contributed by atoms with Crippen LogP contribution in [0.4, 0.5) is 0 Å². The Bertz CT molecular complexity index is 3600. The van der Waals surface area contributed by atoms with Crippen LogP contribution in [-0.4, -0.2) is 0 Å². The minimum Gasteiger partial charge on any atom is -0.456 e. The third-order valence-corrected chi connectivity index (χ3v) is 9.02. The molecule has 0 spiro atoms. The molecule has 0 amide bonds. The maximum Gasteiger partial charge on any atom is 0.136 e. The Labute approximate surface area is 292 Å². The van der Waals surface area contributed by atoms with Crippen molar-refractivity contribution in [1.29, 1.82) is 0 Å². The summed E-state index contributed by atoms with van der Waals surface area (Å²) in [6, 6.07) is 5.42. The maximum atomic E-state index is 9.92. The lowest BCUT2D eigenvalue weighted by Gasteiger charge is -2.23. The zero-order valence-corrected chi connectivity index (χ0v) is 24.1. The molecule has 0 aliphatic heterocycles. The molecule has 0 fully saturated rings. The lowest BCUT2D eigenvalue weighted by Crippen LogP contribution is -2.14. The molecule has 9 aromatic rings. The van der Waals surface area contributed by atoms with Crippen molar-refractivity contribution >= 4 is 54.3 Å². The van der Waals surface area contributed by atoms with Crippen molar-refractivity contribution in [2.24, 2.45) is 0 Å². The number of hydrogen-bond donors (Lipinski definition) is 0. The molecule has 1 heteroatoms. The molecule has 0 saturated heterocycles. The highest BCUT2D eigenvalue weighted by molar-refractivity contribution is 6.23. The summed E-state index contributed by atoms with van der Waals surface area (Å²) in [6.07, 6.45) is 0. The number of rotatable bonds is 2. The van der Waals surface area contributed by atoms with Crippen molar-refractivity contribution in [3.8, 4) is 33.4 Å². The van der Waals surface area contributed by atoms with Crippen LogP contribution in [0.3, 0.4) is 0 Å². The zero-order valence-electron chi connectivity index (χ0n) is 42.1. The number of benzene rings is 8. The van der Waals surface area contributed by atoms with Gasteiger partial charge in [-0.2, -0.15) is 0 Å². The van der Waals surface area contributed by atoms with Gasteiger partial charge in [0.25, 0.3) is 0 Å². The van der Waals surface area contributed by atoms with E-state index in [4.69, 9.17) is 19.5 Å². The van der Waals surface area contributed by atoms with Crippen LogP contribution in [0.25, 0.3) is 87.6 Å². The summed E-state index contributed by atoms with van der Waals surface area (Å²) in [7, 11) is 0. The van der Waals surface area contributed by atoms with E-state index < -0.39 is 131 Å². The zero-order chi connectivity index (χ0) is 46.1. The van der Waals surface area contributed by atoms with Crippen molar-refractivity contribution in [3.05, 3.63) is 156 Å². The molecule has 1 aromatic heterocycles. The van der Waals surface area contributed by atoms with Gasteiger partial charge in [-0.15, -0.1) is 0 Å². The predicted molar refractivity (Wildman–Crippen MR) is 195 cm³/mol. The van der Waals surface area contributed by atoms with E-state index in [-0.39, 0.29) is 38.2 Å². The van der Waals surface area contributed by atoms with Crippen molar-refractivity contribution in [2.45, 2.75) is 19.2 Å². The first kappa shape index (κ1) is 13.8. The van der Waals surface area contributed by atoms with Gasteiger partial charge in [0, 0.05) is 20.3 Å². The summed E-state index contributed by atoms with van der Waals surface area (Å²) >= 11 is 0. The molecular formula is C45H30O. The van der Waals surface area contributed by atoms with Gasteiger partial charge in [-0.1, -0.05) is 135 Å². The molecule has 0 N–H and O–H groups in total.